The lowest BCUT2D eigenvalue weighted by molar-refractivity contribution is 0.183. The molecule has 0 aliphatic carbocycles. The Hall–Kier alpha value is -0.210. The topological polar surface area (TPSA) is 55.9 Å². The molecule has 0 radical (unpaired) electrons. The third-order valence-electron chi connectivity index (χ3n) is 3.67. The van der Waals surface area contributed by atoms with E-state index in [2.05, 4.69) is 24.1 Å². The maximum Gasteiger partial charge on any atom is 0.281 e. The highest BCUT2D eigenvalue weighted by molar-refractivity contribution is 7.86. The Bertz CT molecular complexity index is 353. The number of hydrogen-bond donors (Lipinski definition) is 1. The molecule has 1 aliphatic rings. The summed E-state index contributed by atoms with van der Waals surface area (Å²) in [7, 11) is -1.60. The van der Waals surface area contributed by atoms with E-state index in [9.17, 15) is 8.42 Å². The molecule has 1 saturated heterocycles. The Labute approximate surface area is 124 Å². The molecule has 0 amide bonds. The predicted octanol–water partition coefficient (Wildman–Crippen LogP) is 0.190. The molecule has 0 aromatic heterocycles. The largest absolute Gasteiger partial charge is 0.317 e. The van der Waals surface area contributed by atoms with E-state index in [0.717, 1.165) is 45.6 Å². The van der Waals surface area contributed by atoms with Gasteiger partial charge in [0.25, 0.3) is 10.2 Å². The van der Waals surface area contributed by atoms with Crippen LogP contribution in [0.5, 0.6) is 0 Å². The average Bonchev–Trinajstić information content (AvgIpc) is 2.44. The lowest BCUT2D eigenvalue weighted by atomic mass is 10.3. The van der Waals surface area contributed by atoms with E-state index >= 15 is 0 Å². The summed E-state index contributed by atoms with van der Waals surface area (Å²) < 4.78 is 28.0. The van der Waals surface area contributed by atoms with Crippen molar-refractivity contribution in [2.75, 3.05) is 59.4 Å². The second kappa shape index (κ2) is 8.94. The van der Waals surface area contributed by atoms with Gasteiger partial charge in [-0.1, -0.05) is 13.8 Å². The number of rotatable bonds is 9. The van der Waals surface area contributed by atoms with Crippen molar-refractivity contribution in [3.05, 3.63) is 0 Å². The molecule has 1 rings (SSSR count). The average molecular weight is 306 g/mol. The highest BCUT2D eigenvalue weighted by atomic mass is 32.2. The molecule has 1 N–H and O–H groups in total. The lowest BCUT2D eigenvalue weighted by Gasteiger charge is -2.35. The van der Waals surface area contributed by atoms with Crippen molar-refractivity contribution in [3.8, 4) is 0 Å². The summed E-state index contributed by atoms with van der Waals surface area (Å²) in [4.78, 5) is 2.33. The number of hydrogen-bond acceptors (Lipinski definition) is 4. The number of piperazine rings is 1. The fraction of sp³-hybridized carbons (Fsp3) is 1.00. The minimum atomic E-state index is -3.28. The van der Waals surface area contributed by atoms with Gasteiger partial charge in [-0.2, -0.15) is 17.0 Å². The van der Waals surface area contributed by atoms with Crippen molar-refractivity contribution in [3.63, 3.8) is 0 Å². The van der Waals surface area contributed by atoms with E-state index in [1.807, 2.05) is 0 Å². The van der Waals surface area contributed by atoms with E-state index < -0.39 is 10.2 Å². The first kappa shape index (κ1) is 17.8. The van der Waals surface area contributed by atoms with Crippen LogP contribution in [0.2, 0.25) is 0 Å². The Balaban J connectivity index is 2.40. The van der Waals surface area contributed by atoms with Gasteiger partial charge < -0.3 is 10.2 Å². The zero-order valence-electron chi connectivity index (χ0n) is 13.1. The van der Waals surface area contributed by atoms with Crippen LogP contribution >= 0.6 is 0 Å². The van der Waals surface area contributed by atoms with Crippen molar-refractivity contribution in [1.29, 1.82) is 0 Å². The van der Waals surface area contributed by atoms with Crippen molar-refractivity contribution in [2.24, 2.45) is 0 Å². The van der Waals surface area contributed by atoms with E-state index in [1.54, 1.807) is 11.4 Å². The molecule has 1 heterocycles. The summed E-state index contributed by atoms with van der Waals surface area (Å²) in [5.74, 6) is 0. The van der Waals surface area contributed by atoms with Gasteiger partial charge in [0.2, 0.25) is 0 Å². The number of nitrogens with zero attached hydrogens (tertiary/aromatic N) is 3. The van der Waals surface area contributed by atoms with Gasteiger partial charge in [0.15, 0.2) is 0 Å². The maximum absolute atomic E-state index is 12.4. The Kier molecular flexibility index (Phi) is 7.98. The molecular weight excluding hydrogens is 276 g/mol. The summed E-state index contributed by atoms with van der Waals surface area (Å²) in [5.41, 5.74) is 0. The third-order valence-corrected chi connectivity index (χ3v) is 5.66. The van der Waals surface area contributed by atoms with Crippen molar-refractivity contribution in [2.45, 2.75) is 26.7 Å². The highest BCUT2D eigenvalue weighted by Crippen LogP contribution is 2.11. The van der Waals surface area contributed by atoms with Crippen molar-refractivity contribution >= 4 is 10.2 Å². The molecule has 0 saturated carbocycles. The summed E-state index contributed by atoms with van der Waals surface area (Å²) >= 11 is 0. The SMILES string of the molecule is CCCN1CCN(S(=O)(=O)N(C)CCCNCC)CC1. The second-order valence-corrected chi connectivity index (χ2v) is 7.31. The van der Waals surface area contributed by atoms with Crippen molar-refractivity contribution in [1.82, 2.24) is 18.8 Å². The van der Waals surface area contributed by atoms with E-state index in [1.165, 1.54) is 4.31 Å². The normalized spacial score (nSPS) is 18.8. The van der Waals surface area contributed by atoms with Gasteiger partial charge in [0.1, 0.15) is 0 Å². The lowest BCUT2D eigenvalue weighted by Crippen LogP contribution is -2.52. The highest BCUT2D eigenvalue weighted by Gasteiger charge is 2.29. The van der Waals surface area contributed by atoms with Crippen LogP contribution in [-0.2, 0) is 10.2 Å². The van der Waals surface area contributed by atoms with Crippen LogP contribution in [0.4, 0.5) is 0 Å². The Morgan fingerprint density at radius 1 is 1.15 bits per heavy atom. The molecule has 1 aliphatic heterocycles. The standard InChI is InChI=1S/C13H30N4O2S/c1-4-8-16-10-12-17(13-11-16)20(18,19)15(3)9-6-7-14-5-2/h14H,4-13H2,1-3H3. The molecular formula is C13H30N4O2S. The minimum Gasteiger partial charge on any atom is -0.317 e. The first-order valence-corrected chi connectivity index (χ1v) is 9.06. The number of nitrogens with one attached hydrogen (secondary N) is 1. The van der Waals surface area contributed by atoms with Gasteiger partial charge in [-0.05, 0) is 32.5 Å². The molecule has 0 spiro atoms. The van der Waals surface area contributed by atoms with Gasteiger partial charge >= 0.3 is 0 Å². The molecule has 0 bridgehead atoms. The molecule has 0 unspecified atom stereocenters. The zero-order valence-corrected chi connectivity index (χ0v) is 14.0. The molecule has 20 heavy (non-hydrogen) atoms. The second-order valence-electron chi connectivity index (χ2n) is 5.28. The zero-order chi connectivity index (χ0) is 15.0. The first-order chi connectivity index (χ1) is 9.52. The molecule has 120 valence electrons. The van der Waals surface area contributed by atoms with Gasteiger partial charge in [0, 0.05) is 39.8 Å². The Morgan fingerprint density at radius 2 is 1.80 bits per heavy atom. The third kappa shape index (κ3) is 5.29. The fourth-order valence-corrected chi connectivity index (χ4v) is 3.79. The summed E-state index contributed by atoms with van der Waals surface area (Å²) in [6, 6.07) is 0. The molecule has 1 fully saturated rings. The van der Waals surface area contributed by atoms with Gasteiger partial charge in [-0.3, -0.25) is 0 Å². The predicted molar refractivity (Wildman–Crippen MR) is 83.0 cm³/mol. The van der Waals surface area contributed by atoms with Crippen molar-refractivity contribution < 1.29 is 8.42 Å². The molecule has 0 aromatic rings. The maximum atomic E-state index is 12.4. The fourth-order valence-electron chi connectivity index (χ4n) is 2.42. The van der Waals surface area contributed by atoms with Crippen LogP contribution in [0.15, 0.2) is 0 Å². The Morgan fingerprint density at radius 3 is 2.35 bits per heavy atom. The quantitative estimate of drug-likeness (QED) is 0.618. The monoisotopic (exact) mass is 306 g/mol. The minimum absolute atomic E-state index is 0.574. The first-order valence-electron chi connectivity index (χ1n) is 7.66. The van der Waals surface area contributed by atoms with E-state index in [0.29, 0.717) is 19.6 Å². The van der Waals surface area contributed by atoms with Crippen LogP contribution < -0.4 is 5.32 Å². The van der Waals surface area contributed by atoms with Crippen LogP contribution in [0.25, 0.3) is 0 Å². The summed E-state index contributed by atoms with van der Waals surface area (Å²) in [6.45, 7) is 10.5. The molecule has 0 atom stereocenters. The van der Waals surface area contributed by atoms with Crippen LogP contribution in [-0.4, -0.2) is 81.3 Å². The van der Waals surface area contributed by atoms with Gasteiger partial charge in [-0.15, -0.1) is 0 Å². The molecule has 7 heteroatoms. The van der Waals surface area contributed by atoms with E-state index in [-0.39, 0.29) is 0 Å². The summed E-state index contributed by atoms with van der Waals surface area (Å²) in [5, 5.41) is 3.21. The molecule has 6 nitrogen and oxygen atoms in total. The van der Waals surface area contributed by atoms with Crippen LogP contribution in [0, 0.1) is 0 Å². The summed E-state index contributed by atoms with van der Waals surface area (Å²) in [6.07, 6.45) is 1.97. The van der Waals surface area contributed by atoms with Gasteiger partial charge in [-0.25, -0.2) is 0 Å². The van der Waals surface area contributed by atoms with Gasteiger partial charge in [0.05, 0.1) is 0 Å². The van der Waals surface area contributed by atoms with Crippen LogP contribution in [0.3, 0.4) is 0 Å². The smallest absolute Gasteiger partial charge is 0.281 e. The van der Waals surface area contributed by atoms with E-state index in [4.69, 9.17) is 0 Å². The molecule has 0 aromatic carbocycles. The van der Waals surface area contributed by atoms with Crippen LogP contribution in [0.1, 0.15) is 26.7 Å².